The second kappa shape index (κ2) is 6.13. The Morgan fingerprint density at radius 3 is 2.70 bits per heavy atom. The molecule has 0 bridgehead atoms. The van der Waals surface area contributed by atoms with Crippen molar-refractivity contribution in [2.75, 3.05) is 0 Å². The van der Waals surface area contributed by atoms with Gasteiger partial charge in [-0.1, -0.05) is 56.3 Å². The van der Waals surface area contributed by atoms with Crippen molar-refractivity contribution in [2.24, 2.45) is 0 Å². The molecule has 0 aliphatic carbocycles. The van der Waals surface area contributed by atoms with Gasteiger partial charge in [-0.25, -0.2) is 4.98 Å². The standard InChI is InChI=1S/C19H19NO2S/c1-19(2,18-20-15(12-23-18)10-17(21)22)11-14-8-5-7-13-6-3-4-9-16(13)14/h3-9,12H,10-11H2,1-2H3,(H,21,22). The lowest BCUT2D eigenvalue weighted by Gasteiger charge is -2.23. The second-order valence-corrected chi connectivity index (χ2v) is 7.27. The van der Waals surface area contributed by atoms with Crippen molar-refractivity contribution in [2.45, 2.75) is 32.1 Å². The van der Waals surface area contributed by atoms with E-state index in [9.17, 15) is 4.79 Å². The summed E-state index contributed by atoms with van der Waals surface area (Å²) in [6, 6.07) is 14.8. The minimum atomic E-state index is -0.839. The third kappa shape index (κ3) is 3.42. The monoisotopic (exact) mass is 325 g/mol. The highest BCUT2D eigenvalue weighted by atomic mass is 32.1. The number of aliphatic carboxylic acids is 1. The van der Waals surface area contributed by atoms with E-state index in [0.29, 0.717) is 5.69 Å². The zero-order chi connectivity index (χ0) is 16.4. The van der Waals surface area contributed by atoms with Crippen molar-refractivity contribution in [3.8, 4) is 0 Å². The number of nitrogens with zero attached hydrogens (tertiary/aromatic N) is 1. The van der Waals surface area contributed by atoms with E-state index >= 15 is 0 Å². The van der Waals surface area contributed by atoms with Crippen LogP contribution in [0.4, 0.5) is 0 Å². The molecule has 23 heavy (non-hydrogen) atoms. The van der Waals surface area contributed by atoms with Gasteiger partial charge in [0, 0.05) is 10.8 Å². The van der Waals surface area contributed by atoms with E-state index in [2.05, 4.69) is 61.3 Å². The number of fused-ring (bicyclic) bond motifs is 1. The highest BCUT2D eigenvalue weighted by Gasteiger charge is 2.26. The van der Waals surface area contributed by atoms with Gasteiger partial charge in [-0.3, -0.25) is 4.79 Å². The van der Waals surface area contributed by atoms with Crippen LogP contribution in [0.1, 0.15) is 30.1 Å². The maximum Gasteiger partial charge on any atom is 0.309 e. The van der Waals surface area contributed by atoms with Crippen molar-refractivity contribution < 1.29 is 9.90 Å². The van der Waals surface area contributed by atoms with E-state index in [4.69, 9.17) is 5.11 Å². The summed E-state index contributed by atoms with van der Waals surface area (Å²) < 4.78 is 0. The smallest absolute Gasteiger partial charge is 0.309 e. The molecule has 0 atom stereocenters. The molecule has 0 saturated carbocycles. The zero-order valence-electron chi connectivity index (χ0n) is 13.2. The van der Waals surface area contributed by atoms with Crippen LogP contribution in [0.3, 0.4) is 0 Å². The lowest BCUT2D eigenvalue weighted by Crippen LogP contribution is -2.20. The van der Waals surface area contributed by atoms with Crippen LogP contribution < -0.4 is 0 Å². The third-order valence-electron chi connectivity index (χ3n) is 3.98. The molecule has 118 valence electrons. The average Bonchev–Trinajstić information content (AvgIpc) is 2.96. The van der Waals surface area contributed by atoms with E-state index < -0.39 is 5.97 Å². The van der Waals surface area contributed by atoms with Gasteiger partial charge in [-0.05, 0) is 22.8 Å². The average molecular weight is 325 g/mol. The summed E-state index contributed by atoms with van der Waals surface area (Å²) in [5.41, 5.74) is 1.80. The molecule has 0 saturated heterocycles. The minimum absolute atomic E-state index is 0.0130. The Balaban J connectivity index is 1.90. The quantitative estimate of drug-likeness (QED) is 0.754. The molecule has 0 unspecified atom stereocenters. The molecule has 0 aliphatic rings. The van der Waals surface area contributed by atoms with E-state index in [-0.39, 0.29) is 11.8 Å². The highest BCUT2D eigenvalue weighted by molar-refractivity contribution is 7.09. The minimum Gasteiger partial charge on any atom is -0.481 e. The molecule has 3 rings (SSSR count). The SMILES string of the molecule is CC(C)(Cc1cccc2ccccc12)c1nc(CC(=O)O)cs1. The normalized spacial score (nSPS) is 11.7. The molecule has 0 radical (unpaired) electrons. The predicted molar refractivity (Wildman–Crippen MR) is 94.1 cm³/mol. The first kappa shape index (κ1) is 15.7. The Labute approximate surface area is 139 Å². The second-order valence-electron chi connectivity index (χ2n) is 6.41. The predicted octanol–water partition coefficient (Wildman–Crippen LogP) is 4.44. The number of rotatable bonds is 5. The summed E-state index contributed by atoms with van der Waals surface area (Å²) in [5, 5.41) is 14.3. The zero-order valence-corrected chi connectivity index (χ0v) is 14.1. The highest BCUT2D eigenvalue weighted by Crippen LogP contribution is 2.32. The van der Waals surface area contributed by atoms with Gasteiger partial charge in [-0.15, -0.1) is 11.3 Å². The number of benzene rings is 2. The Kier molecular flexibility index (Phi) is 4.18. The first-order valence-corrected chi connectivity index (χ1v) is 8.47. The van der Waals surface area contributed by atoms with Crippen molar-refractivity contribution in [1.82, 2.24) is 4.98 Å². The van der Waals surface area contributed by atoms with Gasteiger partial charge in [0.05, 0.1) is 17.1 Å². The number of carboxylic acid groups (broad SMARTS) is 1. The van der Waals surface area contributed by atoms with E-state index in [1.165, 1.54) is 16.3 Å². The summed E-state index contributed by atoms with van der Waals surface area (Å²) in [6.07, 6.45) is 0.856. The molecule has 1 N–H and O–H groups in total. The number of hydrogen-bond acceptors (Lipinski definition) is 3. The van der Waals surface area contributed by atoms with Crippen molar-refractivity contribution in [3.05, 3.63) is 64.1 Å². The fourth-order valence-corrected chi connectivity index (χ4v) is 3.80. The molecule has 0 fully saturated rings. The molecular formula is C19H19NO2S. The lowest BCUT2D eigenvalue weighted by molar-refractivity contribution is -0.136. The van der Waals surface area contributed by atoms with Gasteiger partial charge in [0.1, 0.15) is 0 Å². The Hall–Kier alpha value is -2.20. The summed E-state index contributed by atoms with van der Waals surface area (Å²) in [4.78, 5) is 15.4. The maximum absolute atomic E-state index is 10.8. The van der Waals surface area contributed by atoms with Crippen LogP contribution in [0.25, 0.3) is 10.8 Å². The molecule has 0 spiro atoms. The van der Waals surface area contributed by atoms with Crippen LogP contribution in [0.15, 0.2) is 47.8 Å². The van der Waals surface area contributed by atoms with Crippen LogP contribution in [0.2, 0.25) is 0 Å². The van der Waals surface area contributed by atoms with Gasteiger partial charge in [-0.2, -0.15) is 0 Å². The van der Waals surface area contributed by atoms with Gasteiger partial charge in [0.2, 0.25) is 0 Å². The largest absolute Gasteiger partial charge is 0.481 e. The van der Waals surface area contributed by atoms with Crippen molar-refractivity contribution in [3.63, 3.8) is 0 Å². The van der Waals surface area contributed by atoms with Crippen molar-refractivity contribution in [1.29, 1.82) is 0 Å². The summed E-state index contributed by atoms with van der Waals surface area (Å²) in [7, 11) is 0. The third-order valence-corrected chi connectivity index (χ3v) is 5.23. The van der Waals surface area contributed by atoms with Crippen LogP contribution in [-0.2, 0) is 23.1 Å². The molecule has 3 aromatic rings. The van der Waals surface area contributed by atoms with Crippen LogP contribution in [0.5, 0.6) is 0 Å². The molecule has 0 amide bonds. The molecule has 4 heteroatoms. The maximum atomic E-state index is 10.8. The molecule has 3 nitrogen and oxygen atoms in total. The van der Waals surface area contributed by atoms with Crippen LogP contribution in [-0.4, -0.2) is 16.1 Å². The molecular weight excluding hydrogens is 306 g/mol. The summed E-state index contributed by atoms with van der Waals surface area (Å²) >= 11 is 1.55. The number of carbonyl (C=O) groups is 1. The Morgan fingerprint density at radius 2 is 1.91 bits per heavy atom. The molecule has 1 aromatic heterocycles. The first-order chi connectivity index (χ1) is 11.0. The van der Waals surface area contributed by atoms with Crippen molar-refractivity contribution >= 4 is 28.1 Å². The van der Waals surface area contributed by atoms with Crippen LogP contribution >= 0.6 is 11.3 Å². The van der Waals surface area contributed by atoms with E-state index in [1.807, 2.05) is 5.38 Å². The Morgan fingerprint density at radius 1 is 1.17 bits per heavy atom. The van der Waals surface area contributed by atoms with Crippen LogP contribution in [0, 0.1) is 0 Å². The van der Waals surface area contributed by atoms with Gasteiger partial charge in [0.25, 0.3) is 0 Å². The van der Waals surface area contributed by atoms with E-state index in [0.717, 1.165) is 11.4 Å². The number of carboxylic acids is 1. The number of thiazole rings is 1. The Bertz CT molecular complexity index is 846. The first-order valence-electron chi connectivity index (χ1n) is 7.59. The number of aromatic nitrogens is 1. The summed E-state index contributed by atoms with van der Waals surface area (Å²) in [5.74, 6) is -0.839. The van der Waals surface area contributed by atoms with E-state index in [1.54, 1.807) is 11.3 Å². The summed E-state index contributed by atoms with van der Waals surface area (Å²) in [6.45, 7) is 4.33. The number of hydrogen-bond donors (Lipinski definition) is 1. The topological polar surface area (TPSA) is 50.2 Å². The molecule has 2 aromatic carbocycles. The molecule has 1 heterocycles. The molecule has 0 aliphatic heterocycles. The fourth-order valence-electron chi connectivity index (χ4n) is 2.85. The fraction of sp³-hybridized carbons (Fsp3) is 0.263. The van der Waals surface area contributed by atoms with Gasteiger partial charge < -0.3 is 5.11 Å². The van der Waals surface area contributed by atoms with Gasteiger partial charge >= 0.3 is 5.97 Å². The lowest BCUT2D eigenvalue weighted by atomic mass is 9.84. The van der Waals surface area contributed by atoms with Gasteiger partial charge in [0.15, 0.2) is 0 Å².